The van der Waals surface area contributed by atoms with Crippen LogP contribution in [0.15, 0.2) is 22.2 Å². The van der Waals surface area contributed by atoms with Crippen LogP contribution < -0.4 is 10.5 Å². The van der Waals surface area contributed by atoms with Crippen LogP contribution in [0.5, 0.6) is 5.88 Å². The second-order valence-corrected chi connectivity index (χ2v) is 11.4. The molecule has 0 aromatic carbocycles. The molecule has 238 valence electrons. The zero-order valence-electron chi connectivity index (χ0n) is 24.1. The largest absolute Gasteiger partial charge is 0.470 e. The molecule has 1 saturated heterocycles. The highest BCUT2D eigenvalue weighted by Gasteiger charge is 2.52. The predicted octanol–water partition coefficient (Wildman–Crippen LogP) is 1.91. The van der Waals surface area contributed by atoms with E-state index in [9.17, 15) is 19.2 Å². The normalized spacial score (nSPS) is 21.4. The molecule has 1 aliphatic rings. The van der Waals surface area contributed by atoms with E-state index < -0.39 is 54.6 Å². The quantitative estimate of drug-likeness (QED) is 0.212. The second-order valence-electron chi connectivity index (χ2n) is 9.46. The summed E-state index contributed by atoms with van der Waals surface area (Å²) in [6, 6.07) is 1.93. The molecule has 4 rings (SSSR count). The van der Waals surface area contributed by atoms with Crippen molar-refractivity contribution in [3.8, 4) is 5.88 Å². The van der Waals surface area contributed by atoms with Crippen molar-refractivity contribution in [1.82, 2.24) is 19.5 Å². The van der Waals surface area contributed by atoms with Gasteiger partial charge in [0.15, 0.2) is 35.8 Å². The molecule has 16 nitrogen and oxygen atoms in total. The van der Waals surface area contributed by atoms with Gasteiger partial charge in [0.25, 0.3) is 0 Å². The van der Waals surface area contributed by atoms with Crippen molar-refractivity contribution in [3.05, 3.63) is 27.1 Å². The molecule has 0 saturated carbocycles. The van der Waals surface area contributed by atoms with Gasteiger partial charge in [-0.05, 0) is 22.0 Å². The van der Waals surface area contributed by atoms with Crippen molar-refractivity contribution in [1.29, 1.82) is 0 Å². The fourth-order valence-corrected chi connectivity index (χ4v) is 5.72. The number of thiophene rings is 1. The molecular formula is C26H30BrN5O11S. The summed E-state index contributed by atoms with van der Waals surface area (Å²) in [6.07, 6.45) is -4.92. The van der Waals surface area contributed by atoms with Crippen LogP contribution in [0.3, 0.4) is 0 Å². The van der Waals surface area contributed by atoms with Gasteiger partial charge in [0.05, 0.1) is 12.9 Å². The van der Waals surface area contributed by atoms with Crippen LogP contribution in [0.2, 0.25) is 0 Å². The van der Waals surface area contributed by atoms with Crippen molar-refractivity contribution < 1.29 is 52.3 Å². The maximum absolute atomic E-state index is 12.0. The van der Waals surface area contributed by atoms with Crippen LogP contribution in [-0.4, -0.2) is 87.3 Å². The maximum Gasteiger partial charge on any atom is 0.303 e. The van der Waals surface area contributed by atoms with Crippen LogP contribution >= 0.6 is 27.3 Å². The number of esters is 4. The summed E-state index contributed by atoms with van der Waals surface area (Å²) in [4.78, 5) is 61.3. The van der Waals surface area contributed by atoms with Gasteiger partial charge in [0.1, 0.15) is 19.3 Å². The first-order chi connectivity index (χ1) is 20.9. The zero-order valence-corrected chi connectivity index (χ0v) is 26.5. The standard InChI is InChI=1S/C26H30BrN5O11S/c1-12(33)38-9-18-20(40-13(2)34)21(41-14(3)35)22(42-15(4)36)25(43-18)37-6-5-32-11-29-19-23(32)30-26(28)31-24(19)39-8-17-7-16(27)10-44-17/h7,10-11,18,20-22,25H,5-6,8-9H2,1-4H3,(H2,28,30,31)/t18-,20-,21+,22-,25-/m1/s1. The second kappa shape index (κ2) is 14.7. The third kappa shape index (κ3) is 8.61. The van der Waals surface area contributed by atoms with Crippen LogP contribution in [-0.2, 0) is 60.8 Å². The average Bonchev–Trinajstić information content (AvgIpc) is 3.54. The van der Waals surface area contributed by atoms with Gasteiger partial charge in [-0.3, -0.25) is 19.2 Å². The Hall–Kier alpha value is -3.87. The number of carbonyl (C=O) groups is 4. The minimum atomic E-state index is -1.34. The van der Waals surface area contributed by atoms with E-state index in [-0.39, 0.29) is 38.2 Å². The van der Waals surface area contributed by atoms with Gasteiger partial charge in [-0.25, -0.2) is 4.98 Å². The SMILES string of the molecule is CC(=O)OC[C@H]1O[C@@H](OCCn2cnc3c(OCc4cc(Br)cs4)nc(N)nc32)[C@H](OC(C)=O)[C@@H](OC(C)=O)[C@@H]1OC(C)=O. The van der Waals surface area contributed by atoms with Gasteiger partial charge in [0, 0.05) is 49.0 Å². The monoisotopic (exact) mass is 699 g/mol. The molecule has 44 heavy (non-hydrogen) atoms. The Balaban J connectivity index is 1.53. The predicted molar refractivity (Wildman–Crippen MR) is 154 cm³/mol. The van der Waals surface area contributed by atoms with Crippen LogP contribution in [0.1, 0.15) is 32.6 Å². The topological polar surface area (TPSA) is 203 Å². The number of nitrogens with zero attached hydrogens (tertiary/aromatic N) is 4. The first-order valence-corrected chi connectivity index (χ1v) is 14.8. The smallest absolute Gasteiger partial charge is 0.303 e. The van der Waals surface area contributed by atoms with Crippen molar-refractivity contribution in [2.45, 2.75) is 71.6 Å². The van der Waals surface area contributed by atoms with Gasteiger partial charge in [-0.15, -0.1) is 11.3 Å². The third-order valence-electron chi connectivity index (χ3n) is 5.98. The molecule has 1 aliphatic heterocycles. The molecule has 2 N–H and O–H groups in total. The number of carbonyl (C=O) groups excluding carboxylic acids is 4. The lowest BCUT2D eigenvalue weighted by Gasteiger charge is -2.44. The van der Waals surface area contributed by atoms with E-state index in [1.54, 1.807) is 4.57 Å². The van der Waals surface area contributed by atoms with E-state index >= 15 is 0 Å². The number of nitrogens with two attached hydrogens (primary N) is 1. The van der Waals surface area contributed by atoms with E-state index in [1.165, 1.54) is 24.6 Å². The highest BCUT2D eigenvalue weighted by Crippen LogP contribution is 2.30. The average molecular weight is 701 g/mol. The van der Waals surface area contributed by atoms with Gasteiger partial charge in [-0.2, -0.15) is 9.97 Å². The number of halogens is 1. The Morgan fingerprint density at radius 2 is 1.68 bits per heavy atom. The van der Waals surface area contributed by atoms with Crippen LogP contribution in [0, 0.1) is 0 Å². The number of ether oxygens (including phenoxy) is 7. The van der Waals surface area contributed by atoms with E-state index in [2.05, 4.69) is 30.9 Å². The maximum atomic E-state index is 12.0. The van der Waals surface area contributed by atoms with Crippen molar-refractivity contribution in [3.63, 3.8) is 0 Å². The zero-order chi connectivity index (χ0) is 32.0. The minimum absolute atomic E-state index is 0.0258. The minimum Gasteiger partial charge on any atom is -0.470 e. The summed E-state index contributed by atoms with van der Waals surface area (Å²) in [6.45, 7) is 4.60. The first-order valence-electron chi connectivity index (χ1n) is 13.2. The number of hydrogen-bond donors (Lipinski definition) is 1. The number of aromatic nitrogens is 4. The molecule has 4 heterocycles. The van der Waals surface area contributed by atoms with Gasteiger partial charge in [-0.1, -0.05) is 0 Å². The molecular weight excluding hydrogens is 670 g/mol. The number of anilines is 1. The van der Waals surface area contributed by atoms with E-state index in [4.69, 9.17) is 38.9 Å². The molecule has 0 bridgehead atoms. The van der Waals surface area contributed by atoms with Crippen molar-refractivity contribution >= 4 is 68.3 Å². The summed E-state index contributed by atoms with van der Waals surface area (Å²) in [5, 5.41) is 1.93. The highest BCUT2D eigenvalue weighted by molar-refractivity contribution is 9.10. The van der Waals surface area contributed by atoms with Gasteiger partial charge >= 0.3 is 23.9 Å². The molecule has 3 aromatic heterocycles. The van der Waals surface area contributed by atoms with E-state index in [0.29, 0.717) is 11.2 Å². The molecule has 0 aliphatic carbocycles. The summed E-state index contributed by atoms with van der Waals surface area (Å²) < 4.78 is 41.7. The molecule has 1 fully saturated rings. The van der Waals surface area contributed by atoms with Crippen LogP contribution in [0.4, 0.5) is 5.95 Å². The summed E-state index contributed by atoms with van der Waals surface area (Å²) in [5.41, 5.74) is 6.70. The fraction of sp³-hybridized carbons (Fsp3) is 0.500. The highest BCUT2D eigenvalue weighted by atomic mass is 79.9. The summed E-state index contributed by atoms with van der Waals surface area (Å²) in [5.74, 6) is -2.66. The molecule has 0 unspecified atom stereocenters. The molecule has 18 heteroatoms. The van der Waals surface area contributed by atoms with Crippen LogP contribution in [0.25, 0.3) is 11.2 Å². The Morgan fingerprint density at radius 3 is 2.32 bits per heavy atom. The van der Waals surface area contributed by atoms with E-state index in [0.717, 1.165) is 30.1 Å². The molecule has 0 radical (unpaired) electrons. The Kier molecular flexibility index (Phi) is 11.1. The lowest BCUT2D eigenvalue weighted by Crippen LogP contribution is -2.63. The van der Waals surface area contributed by atoms with E-state index in [1.807, 2.05) is 11.4 Å². The summed E-state index contributed by atoms with van der Waals surface area (Å²) >= 11 is 4.92. The molecule has 0 amide bonds. The number of hydrogen-bond acceptors (Lipinski definition) is 16. The lowest BCUT2D eigenvalue weighted by atomic mass is 9.98. The Labute approximate surface area is 263 Å². The van der Waals surface area contributed by atoms with Crippen molar-refractivity contribution in [2.24, 2.45) is 0 Å². The third-order valence-corrected chi connectivity index (χ3v) is 7.66. The summed E-state index contributed by atoms with van der Waals surface area (Å²) in [7, 11) is 0. The van der Waals surface area contributed by atoms with Gasteiger partial charge in [0.2, 0.25) is 11.8 Å². The number of imidazole rings is 1. The molecule has 0 spiro atoms. The van der Waals surface area contributed by atoms with Gasteiger partial charge < -0.3 is 43.5 Å². The fourth-order valence-electron chi connectivity index (χ4n) is 4.36. The lowest BCUT2D eigenvalue weighted by molar-refractivity contribution is -0.308. The first kappa shape index (κ1) is 33.0. The number of fused-ring (bicyclic) bond motifs is 1. The number of rotatable bonds is 12. The number of nitrogen functional groups attached to an aromatic ring is 1. The Bertz CT molecular complexity index is 1510. The Morgan fingerprint density at radius 1 is 1.00 bits per heavy atom. The van der Waals surface area contributed by atoms with Crippen molar-refractivity contribution in [2.75, 3.05) is 18.9 Å². The molecule has 3 aromatic rings. The molecule has 5 atom stereocenters.